The second-order valence-electron chi connectivity index (χ2n) is 3.92. The van der Waals surface area contributed by atoms with Gasteiger partial charge in [0.05, 0.1) is 12.6 Å². The van der Waals surface area contributed by atoms with Gasteiger partial charge >= 0.3 is 0 Å². The lowest BCUT2D eigenvalue weighted by atomic mass is 10.1. The van der Waals surface area contributed by atoms with Crippen molar-refractivity contribution in [3.8, 4) is 0 Å². The van der Waals surface area contributed by atoms with Gasteiger partial charge in [-0.25, -0.2) is 0 Å². The zero-order valence-corrected chi connectivity index (χ0v) is 9.61. The fourth-order valence-corrected chi connectivity index (χ4v) is 3.60. The monoisotopic (exact) mass is 213 g/mol. The van der Waals surface area contributed by atoms with Gasteiger partial charge in [-0.15, -0.1) is 0 Å². The minimum Gasteiger partial charge on any atom is -0.497 e. The quantitative estimate of drug-likeness (QED) is 0.776. The van der Waals surface area contributed by atoms with E-state index in [9.17, 15) is 0 Å². The summed E-state index contributed by atoms with van der Waals surface area (Å²) in [5.74, 6) is 2.51. The summed E-state index contributed by atoms with van der Waals surface area (Å²) in [6.45, 7) is 0.904. The van der Waals surface area contributed by atoms with Gasteiger partial charge in [0.2, 0.25) is 0 Å². The molecule has 0 saturated carbocycles. The number of thioether (sulfide) groups is 1. The van der Waals surface area contributed by atoms with Crippen molar-refractivity contribution >= 4 is 11.8 Å². The van der Waals surface area contributed by atoms with E-state index in [1.165, 1.54) is 37.2 Å². The summed E-state index contributed by atoms with van der Waals surface area (Å²) in [5, 5.41) is 4.13. The van der Waals surface area contributed by atoms with Crippen LogP contribution in [0.5, 0.6) is 0 Å². The topological polar surface area (TPSA) is 21.3 Å². The van der Waals surface area contributed by atoms with Crippen LogP contribution in [-0.2, 0) is 4.74 Å². The summed E-state index contributed by atoms with van der Waals surface area (Å²) in [7, 11) is 2.04. The lowest BCUT2D eigenvalue weighted by molar-refractivity contribution is 0.168. The van der Waals surface area contributed by atoms with Crippen LogP contribution in [0.25, 0.3) is 0 Å². The summed E-state index contributed by atoms with van der Waals surface area (Å²) >= 11 is 2.09. The van der Waals surface area contributed by atoms with Crippen LogP contribution in [0.2, 0.25) is 0 Å². The standard InChI is InChI=1S/C11H19NOS/c1-12-11(10-6-4-8-14-10)9-5-2-3-7-13-9/h5,10-12H,2-4,6-8H2,1H3. The normalized spacial score (nSPS) is 29.5. The summed E-state index contributed by atoms with van der Waals surface area (Å²) < 4.78 is 5.73. The number of hydrogen-bond donors (Lipinski definition) is 1. The first kappa shape index (κ1) is 10.4. The van der Waals surface area contributed by atoms with Crippen LogP contribution >= 0.6 is 11.8 Å². The average Bonchev–Trinajstić information content (AvgIpc) is 2.74. The average molecular weight is 213 g/mol. The molecule has 1 N–H and O–H groups in total. The van der Waals surface area contributed by atoms with Gasteiger partial charge in [-0.1, -0.05) is 0 Å². The van der Waals surface area contributed by atoms with Gasteiger partial charge in [-0.05, 0) is 44.6 Å². The highest BCUT2D eigenvalue weighted by Gasteiger charge is 2.28. The van der Waals surface area contributed by atoms with Crippen molar-refractivity contribution in [1.82, 2.24) is 5.32 Å². The smallest absolute Gasteiger partial charge is 0.110 e. The third kappa shape index (κ3) is 2.26. The van der Waals surface area contributed by atoms with E-state index in [2.05, 4.69) is 23.2 Å². The first-order chi connectivity index (χ1) is 6.92. The van der Waals surface area contributed by atoms with Crippen molar-refractivity contribution in [1.29, 1.82) is 0 Å². The summed E-state index contributed by atoms with van der Waals surface area (Å²) in [6, 6.07) is 0.447. The van der Waals surface area contributed by atoms with Gasteiger partial charge < -0.3 is 10.1 Å². The number of ether oxygens (including phenoxy) is 1. The van der Waals surface area contributed by atoms with E-state index in [0.717, 1.165) is 11.9 Å². The molecule has 0 aromatic carbocycles. The Morgan fingerprint density at radius 3 is 3.07 bits per heavy atom. The van der Waals surface area contributed by atoms with Gasteiger partial charge in [-0.3, -0.25) is 0 Å². The van der Waals surface area contributed by atoms with Crippen molar-refractivity contribution in [3.05, 3.63) is 11.8 Å². The van der Waals surface area contributed by atoms with E-state index in [1.54, 1.807) is 0 Å². The largest absolute Gasteiger partial charge is 0.497 e. The highest BCUT2D eigenvalue weighted by molar-refractivity contribution is 8.00. The fraction of sp³-hybridized carbons (Fsp3) is 0.818. The lowest BCUT2D eigenvalue weighted by Crippen LogP contribution is -2.37. The third-order valence-corrected chi connectivity index (χ3v) is 4.38. The van der Waals surface area contributed by atoms with Crippen molar-refractivity contribution in [2.24, 2.45) is 0 Å². The van der Waals surface area contributed by atoms with Crippen LogP contribution in [0.15, 0.2) is 11.8 Å². The van der Waals surface area contributed by atoms with Gasteiger partial charge in [0.1, 0.15) is 5.76 Å². The predicted octanol–water partition coefficient (Wildman–Crippen LogP) is 2.16. The molecule has 0 bridgehead atoms. The number of nitrogens with one attached hydrogen (secondary N) is 1. The van der Waals surface area contributed by atoms with Crippen molar-refractivity contribution in [3.63, 3.8) is 0 Å². The Bertz CT molecular complexity index is 211. The number of hydrogen-bond acceptors (Lipinski definition) is 3. The fourth-order valence-electron chi connectivity index (χ4n) is 2.17. The summed E-state index contributed by atoms with van der Waals surface area (Å²) in [4.78, 5) is 0. The molecule has 14 heavy (non-hydrogen) atoms. The maximum Gasteiger partial charge on any atom is 0.110 e. The Hall–Kier alpha value is -0.150. The van der Waals surface area contributed by atoms with Crippen molar-refractivity contribution in [2.45, 2.75) is 37.0 Å². The Balaban J connectivity index is 1.99. The highest BCUT2D eigenvalue weighted by atomic mass is 32.2. The molecule has 0 amide bonds. The molecule has 1 fully saturated rings. The minimum absolute atomic E-state index is 0.447. The zero-order chi connectivity index (χ0) is 9.80. The molecule has 2 unspecified atom stereocenters. The number of rotatable bonds is 3. The van der Waals surface area contributed by atoms with Gasteiger partial charge in [0.25, 0.3) is 0 Å². The first-order valence-corrected chi connectivity index (χ1v) is 6.58. The van der Waals surface area contributed by atoms with E-state index in [-0.39, 0.29) is 0 Å². The molecule has 2 nitrogen and oxygen atoms in total. The van der Waals surface area contributed by atoms with E-state index in [4.69, 9.17) is 4.74 Å². The summed E-state index contributed by atoms with van der Waals surface area (Å²) in [6.07, 6.45) is 7.32. The molecular weight excluding hydrogens is 194 g/mol. The molecule has 2 atom stereocenters. The molecule has 1 saturated heterocycles. The molecule has 80 valence electrons. The Morgan fingerprint density at radius 1 is 1.57 bits per heavy atom. The second kappa shape index (κ2) is 5.08. The molecular formula is C11H19NOS. The molecule has 0 spiro atoms. The van der Waals surface area contributed by atoms with Gasteiger partial charge in [0.15, 0.2) is 0 Å². The Kier molecular flexibility index (Phi) is 3.76. The molecule has 2 heterocycles. The molecule has 2 aliphatic rings. The highest BCUT2D eigenvalue weighted by Crippen LogP contribution is 2.32. The predicted molar refractivity (Wildman–Crippen MR) is 61.6 cm³/mol. The van der Waals surface area contributed by atoms with Crippen LogP contribution in [0.1, 0.15) is 25.7 Å². The molecule has 0 aromatic rings. The van der Waals surface area contributed by atoms with Crippen LogP contribution in [-0.4, -0.2) is 30.7 Å². The minimum atomic E-state index is 0.447. The van der Waals surface area contributed by atoms with E-state index in [1.807, 2.05) is 7.05 Å². The Morgan fingerprint density at radius 2 is 2.50 bits per heavy atom. The van der Waals surface area contributed by atoms with Crippen molar-refractivity contribution in [2.75, 3.05) is 19.4 Å². The zero-order valence-electron chi connectivity index (χ0n) is 8.79. The van der Waals surface area contributed by atoms with E-state index < -0.39 is 0 Å². The molecule has 0 aromatic heterocycles. The molecule has 3 heteroatoms. The van der Waals surface area contributed by atoms with E-state index in [0.29, 0.717) is 6.04 Å². The third-order valence-electron chi connectivity index (χ3n) is 2.92. The molecule has 0 radical (unpaired) electrons. The van der Waals surface area contributed by atoms with Crippen LogP contribution < -0.4 is 5.32 Å². The lowest BCUT2D eigenvalue weighted by Gasteiger charge is -2.27. The maximum absolute atomic E-state index is 5.73. The van der Waals surface area contributed by atoms with Crippen LogP contribution in [0, 0.1) is 0 Å². The molecule has 0 aliphatic carbocycles. The molecule has 2 aliphatic heterocycles. The van der Waals surface area contributed by atoms with Gasteiger partial charge in [-0.2, -0.15) is 11.8 Å². The summed E-state index contributed by atoms with van der Waals surface area (Å²) in [5.41, 5.74) is 0. The van der Waals surface area contributed by atoms with Crippen LogP contribution in [0.4, 0.5) is 0 Å². The first-order valence-electron chi connectivity index (χ1n) is 5.53. The van der Waals surface area contributed by atoms with Crippen LogP contribution in [0.3, 0.4) is 0 Å². The van der Waals surface area contributed by atoms with Crippen molar-refractivity contribution < 1.29 is 4.74 Å². The van der Waals surface area contributed by atoms with E-state index >= 15 is 0 Å². The maximum atomic E-state index is 5.73. The number of likely N-dealkylation sites (N-methyl/N-ethyl adjacent to an activating group) is 1. The Labute approximate surface area is 90.5 Å². The SMILES string of the molecule is CNC(C1=CCCCO1)C1CCCS1. The van der Waals surface area contributed by atoms with Gasteiger partial charge in [0, 0.05) is 5.25 Å². The molecule has 2 rings (SSSR count). The second-order valence-corrected chi connectivity index (χ2v) is 5.26. The number of allylic oxidation sites excluding steroid dienone is 1.